The Morgan fingerprint density at radius 1 is 0.895 bits per heavy atom. The summed E-state index contributed by atoms with van der Waals surface area (Å²) in [4.78, 5) is 17.0. The summed E-state index contributed by atoms with van der Waals surface area (Å²) in [6.07, 6.45) is 7.15. The van der Waals surface area contributed by atoms with Gasteiger partial charge in [0, 0.05) is 42.4 Å². The first-order valence-electron chi connectivity index (χ1n) is 6.29. The Balaban J connectivity index is 2.08. The van der Waals surface area contributed by atoms with Gasteiger partial charge in [0.25, 0.3) is 0 Å². The van der Waals surface area contributed by atoms with E-state index in [1.54, 1.807) is 12.4 Å². The molecule has 0 radical (unpaired) electrons. The molecular weight excluding hydrogens is 238 g/mol. The maximum absolute atomic E-state index is 4.30. The first kappa shape index (κ1) is 13.5. The molecule has 2 rings (SSSR count). The van der Waals surface area contributed by atoms with E-state index < -0.39 is 0 Å². The Hall–Kier alpha value is -1.88. The Morgan fingerprint density at radius 3 is 1.84 bits per heavy atom. The maximum atomic E-state index is 4.30. The molecule has 0 aliphatic rings. The summed E-state index contributed by atoms with van der Waals surface area (Å²) in [6.45, 7) is 9.08. The Labute approximate surface area is 113 Å². The van der Waals surface area contributed by atoms with Crippen molar-refractivity contribution in [3.8, 4) is 11.6 Å². The van der Waals surface area contributed by atoms with E-state index in [1.807, 2.05) is 19.3 Å². The third kappa shape index (κ3) is 4.06. The highest BCUT2D eigenvalue weighted by molar-refractivity contribution is 5.41. The fourth-order valence-electron chi connectivity index (χ4n) is 1.44. The van der Waals surface area contributed by atoms with Gasteiger partial charge in [-0.2, -0.15) is 0 Å². The van der Waals surface area contributed by atoms with Crippen molar-refractivity contribution in [3.05, 3.63) is 35.9 Å². The number of nitrogens with one attached hydrogen (secondary N) is 1. The van der Waals surface area contributed by atoms with Crippen LogP contribution in [0.5, 0.6) is 0 Å². The van der Waals surface area contributed by atoms with Crippen molar-refractivity contribution >= 4 is 0 Å². The molecule has 0 unspecified atom stereocenters. The number of aryl methyl sites for hydroxylation is 1. The van der Waals surface area contributed by atoms with Crippen molar-refractivity contribution in [3.63, 3.8) is 0 Å². The first-order valence-corrected chi connectivity index (χ1v) is 6.29. The molecule has 0 amide bonds. The average Bonchev–Trinajstić information content (AvgIpc) is 2.37. The van der Waals surface area contributed by atoms with Crippen molar-refractivity contribution in [2.45, 2.75) is 39.8 Å². The third-order valence-corrected chi connectivity index (χ3v) is 2.51. The predicted molar refractivity (Wildman–Crippen MR) is 74.4 cm³/mol. The van der Waals surface area contributed by atoms with Crippen LogP contribution < -0.4 is 5.32 Å². The number of hydrogen-bond donors (Lipinski definition) is 1. The van der Waals surface area contributed by atoms with Gasteiger partial charge < -0.3 is 5.32 Å². The van der Waals surface area contributed by atoms with Crippen molar-refractivity contribution in [2.75, 3.05) is 0 Å². The zero-order valence-corrected chi connectivity index (χ0v) is 11.8. The van der Waals surface area contributed by atoms with Gasteiger partial charge in [-0.25, -0.2) is 19.9 Å². The summed E-state index contributed by atoms with van der Waals surface area (Å²) in [6, 6.07) is 0. The van der Waals surface area contributed by atoms with Crippen LogP contribution in [0.15, 0.2) is 24.8 Å². The van der Waals surface area contributed by atoms with E-state index in [0.29, 0.717) is 11.6 Å². The number of aromatic nitrogens is 4. The summed E-state index contributed by atoms with van der Waals surface area (Å²) < 4.78 is 0. The molecule has 0 spiro atoms. The van der Waals surface area contributed by atoms with E-state index in [2.05, 4.69) is 46.0 Å². The molecule has 2 aromatic heterocycles. The van der Waals surface area contributed by atoms with Gasteiger partial charge >= 0.3 is 0 Å². The van der Waals surface area contributed by atoms with Crippen LogP contribution in [0.25, 0.3) is 11.6 Å². The van der Waals surface area contributed by atoms with E-state index in [-0.39, 0.29) is 5.54 Å². The molecule has 0 atom stereocenters. The minimum atomic E-state index is 0.0821. The van der Waals surface area contributed by atoms with Gasteiger partial charge in [0.15, 0.2) is 11.6 Å². The lowest BCUT2D eigenvalue weighted by Gasteiger charge is -2.20. The molecule has 100 valence electrons. The van der Waals surface area contributed by atoms with Crippen LogP contribution in [-0.4, -0.2) is 25.5 Å². The van der Waals surface area contributed by atoms with Crippen LogP contribution in [0.4, 0.5) is 0 Å². The van der Waals surface area contributed by atoms with Crippen molar-refractivity contribution < 1.29 is 0 Å². The molecule has 0 saturated carbocycles. The van der Waals surface area contributed by atoms with E-state index >= 15 is 0 Å². The van der Waals surface area contributed by atoms with Crippen LogP contribution in [0.1, 0.15) is 31.9 Å². The minimum absolute atomic E-state index is 0.0821. The van der Waals surface area contributed by atoms with E-state index in [9.17, 15) is 0 Å². The summed E-state index contributed by atoms with van der Waals surface area (Å²) in [5.41, 5.74) is 2.15. The molecule has 0 aromatic carbocycles. The van der Waals surface area contributed by atoms with Gasteiger partial charge in [0.2, 0.25) is 0 Å². The van der Waals surface area contributed by atoms with Crippen LogP contribution in [0, 0.1) is 6.92 Å². The smallest absolute Gasteiger partial charge is 0.197 e. The second kappa shape index (κ2) is 5.40. The van der Waals surface area contributed by atoms with Crippen LogP contribution in [0.3, 0.4) is 0 Å². The number of rotatable bonds is 3. The fraction of sp³-hybridized carbons (Fsp3) is 0.429. The highest BCUT2D eigenvalue weighted by Gasteiger charge is 2.09. The lowest BCUT2D eigenvalue weighted by molar-refractivity contribution is 0.423. The highest BCUT2D eigenvalue weighted by atomic mass is 15.0. The summed E-state index contributed by atoms with van der Waals surface area (Å²) in [5, 5.41) is 3.39. The molecule has 0 fully saturated rings. The van der Waals surface area contributed by atoms with Gasteiger partial charge in [-0.05, 0) is 33.3 Å². The zero-order valence-electron chi connectivity index (χ0n) is 11.8. The topological polar surface area (TPSA) is 63.6 Å². The lowest BCUT2D eigenvalue weighted by atomic mass is 10.1. The molecule has 1 N–H and O–H groups in total. The molecular formula is C14H19N5. The molecule has 2 heterocycles. The van der Waals surface area contributed by atoms with E-state index in [0.717, 1.165) is 17.7 Å². The van der Waals surface area contributed by atoms with E-state index in [4.69, 9.17) is 0 Å². The van der Waals surface area contributed by atoms with Crippen LogP contribution in [0.2, 0.25) is 0 Å². The van der Waals surface area contributed by atoms with E-state index in [1.165, 1.54) is 0 Å². The number of nitrogens with zero attached hydrogens (tertiary/aromatic N) is 4. The quantitative estimate of drug-likeness (QED) is 0.912. The molecule has 2 aromatic rings. The Kier molecular flexibility index (Phi) is 3.85. The molecule has 19 heavy (non-hydrogen) atoms. The number of hydrogen-bond acceptors (Lipinski definition) is 5. The highest BCUT2D eigenvalue weighted by Crippen LogP contribution is 2.09. The SMILES string of the molecule is Cc1cnc(-c2ncc(CNC(C)(C)C)cn2)nc1. The monoisotopic (exact) mass is 257 g/mol. The molecule has 0 aliphatic heterocycles. The van der Waals surface area contributed by atoms with Crippen molar-refractivity contribution in [1.29, 1.82) is 0 Å². The molecule has 5 heteroatoms. The third-order valence-electron chi connectivity index (χ3n) is 2.51. The second-order valence-corrected chi connectivity index (χ2v) is 5.60. The first-order chi connectivity index (χ1) is 8.94. The molecule has 5 nitrogen and oxygen atoms in total. The molecule has 0 aliphatic carbocycles. The molecule has 0 saturated heterocycles. The Bertz CT molecular complexity index is 525. The zero-order chi connectivity index (χ0) is 13.9. The normalized spacial score (nSPS) is 11.6. The summed E-state index contributed by atoms with van der Waals surface area (Å²) in [5.74, 6) is 1.11. The predicted octanol–water partition coefficient (Wildman–Crippen LogP) is 2.13. The lowest BCUT2D eigenvalue weighted by Crippen LogP contribution is -2.35. The second-order valence-electron chi connectivity index (χ2n) is 5.60. The summed E-state index contributed by atoms with van der Waals surface area (Å²) >= 11 is 0. The average molecular weight is 257 g/mol. The van der Waals surface area contributed by atoms with Crippen molar-refractivity contribution in [1.82, 2.24) is 25.3 Å². The largest absolute Gasteiger partial charge is 0.308 e. The van der Waals surface area contributed by atoms with Crippen molar-refractivity contribution in [2.24, 2.45) is 0 Å². The van der Waals surface area contributed by atoms with Gasteiger partial charge in [0.1, 0.15) is 0 Å². The van der Waals surface area contributed by atoms with Gasteiger partial charge in [-0.15, -0.1) is 0 Å². The van der Waals surface area contributed by atoms with Crippen LogP contribution >= 0.6 is 0 Å². The summed E-state index contributed by atoms with van der Waals surface area (Å²) in [7, 11) is 0. The maximum Gasteiger partial charge on any atom is 0.197 e. The van der Waals surface area contributed by atoms with Crippen LogP contribution in [-0.2, 0) is 6.54 Å². The Morgan fingerprint density at radius 2 is 1.37 bits per heavy atom. The van der Waals surface area contributed by atoms with Gasteiger partial charge in [0.05, 0.1) is 0 Å². The van der Waals surface area contributed by atoms with Gasteiger partial charge in [-0.3, -0.25) is 0 Å². The minimum Gasteiger partial charge on any atom is -0.308 e. The van der Waals surface area contributed by atoms with Gasteiger partial charge in [-0.1, -0.05) is 0 Å². The molecule has 0 bridgehead atoms. The fourth-order valence-corrected chi connectivity index (χ4v) is 1.44. The standard InChI is InChI=1S/C14H19N5/c1-10-5-15-12(16-6-10)13-17-7-11(8-18-13)9-19-14(2,3)4/h5-8,19H,9H2,1-4H3.